The number of nitrogens with two attached hydrogens (primary N) is 1. The summed E-state index contributed by atoms with van der Waals surface area (Å²) in [5.74, 6) is 6.49. The van der Waals surface area contributed by atoms with E-state index in [9.17, 15) is 14.4 Å². The molecule has 3 aromatic heterocycles. The molecule has 1 aromatic carbocycles. The van der Waals surface area contributed by atoms with E-state index < -0.39 is 11.2 Å². The molecule has 4 rings (SSSR count). The molecule has 0 aliphatic carbocycles. The van der Waals surface area contributed by atoms with Gasteiger partial charge in [-0.3, -0.25) is 23.3 Å². The lowest BCUT2D eigenvalue weighted by molar-refractivity contribution is 0.633. The Morgan fingerprint density at radius 1 is 1.18 bits per heavy atom. The quantitative estimate of drug-likeness (QED) is 0.385. The van der Waals surface area contributed by atoms with Crippen molar-refractivity contribution in [2.75, 3.05) is 18.5 Å². The summed E-state index contributed by atoms with van der Waals surface area (Å²) in [6.45, 7) is 4.09. The highest BCUT2D eigenvalue weighted by atomic mass is 16.2. The van der Waals surface area contributed by atoms with Gasteiger partial charge < -0.3 is 15.6 Å². The minimum absolute atomic E-state index is 0.133. The monoisotopic (exact) mass is 462 g/mol. The molecule has 1 unspecified atom stereocenters. The van der Waals surface area contributed by atoms with Gasteiger partial charge in [0.25, 0.3) is 11.1 Å². The summed E-state index contributed by atoms with van der Waals surface area (Å²) in [4.78, 5) is 52.7. The van der Waals surface area contributed by atoms with Crippen LogP contribution in [0.2, 0.25) is 0 Å². The first kappa shape index (κ1) is 23.0. The SMILES string of the molecule is CC#CCn1c(N(C)CC(C)N)nc2c1c(=O)n(Cc1nc3ccccc3c(=O)[nH]1)c(=O)n2C. The molecule has 34 heavy (non-hydrogen) atoms. The number of rotatable bonds is 6. The summed E-state index contributed by atoms with van der Waals surface area (Å²) in [6, 6.07) is 6.75. The first-order valence-electron chi connectivity index (χ1n) is 10.8. The fraction of sp³-hybridized carbons (Fsp3) is 0.348. The molecule has 0 bridgehead atoms. The fourth-order valence-electron chi connectivity index (χ4n) is 3.97. The van der Waals surface area contributed by atoms with Crippen LogP contribution in [0.15, 0.2) is 38.6 Å². The normalized spacial score (nSPS) is 12.0. The van der Waals surface area contributed by atoms with E-state index in [0.29, 0.717) is 23.4 Å². The van der Waals surface area contributed by atoms with Gasteiger partial charge in [0.1, 0.15) is 5.82 Å². The maximum Gasteiger partial charge on any atom is 0.332 e. The van der Waals surface area contributed by atoms with Gasteiger partial charge in [-0.05, 0) is 26.0 Å². The first-order valence-corrected chi connectivity index (χ1v) is 10.8. The Labute approximate surface area is 194 Å². The molecule has 1 atom stereocenters. The number of nitrogens with one attached hydrogen (secondary N) is 1. The Bertz CT molecular complexity index is 1630. The van der Waals surface area contributed by atoms with Gasteiger partial charge in [0.15, 0.2) is 11.2 Å². The van der Waals surface area contributed by atoms with Crippen LogP contribution in [-0.4, -0.2) is 48.3 Å². The number of hydrogen-bond acceptors (Lipinski definition) is 7. The lowest BCUT2D eigenvalue weighted by atomic mass is 10.2. The van der Waals surface area contributed by atoms with Gasteiger partial charge in [-0.25, -0.2) is 9.78 Å². The van der Waals surface area contributed by atoms with Crippen molar-refractivity contribution in [1.29, 1.82) is 0 Å². The summed E-state index contributed by atoms with van der Waals surface area (Å²) in [6.07, 6.45) is 0. The number of hydrogen-bond donors (Lipinski definition) is 2. The van der Waals surface area contributed by atoms with E-state index in [1.165, 1.54) is 4.57 Å². The van der Waals surface area contributed by atoms with Crippen LogP contribution in [0.3, 0.4) is 0 Å². The number of aromatic nitrogens is 6. The second-order valence-electron chi connectivity index (χ2n) is 8.22. The lowest BCUT2D eigenvalue weighted by Gasteiger charge is -2.20. The third kappa shape index (κ3) is 3.99. The van der Waals surface area contributed by atoms with Crippen molar-refractivity contribution in [3.8, 4) is 11.8 Å². The van der Waals surface area contributed by atoms with Crippen molar-refractivity contribution in [2.45, 2.75) is 33.0 Å². The highest BCUT2D eigenvalue weighted by molar-refractivity contribution is 5.77. The van der Waals surface area contributed by atoms with E-state index in [1.807, 2.05) is 18.9 Å². The standard InChI is InChI=1S/C23H26N8O3/c1-5-6-11-30-18-19(27-22(30)28(3)12-14(2)24)29(4)23(34)31(21(18)33)13-17-25-16-10-8-7-9-15(16)20(32)26-17/h7-10,14H,11-13,24H2,1-4H3,(H,25,26,32). The number of fused-ring (bicyclic) bond motifs is 2. The molecule has 0 amide bonds. The zero-order chi connectivity index (χ0) is 24.6. The summed E-state index contributed by atoms with van der Waals surface area (Å²) >= 11 is 0. The average molecular weight is 463 g/mol. The van der Waals surface area contributed by atoms with E-state index in [1.54, 1.807) is 42.8 Å². The van der Waals surface area contributed by atoms with Crippen LogP contribution < -0.4 is 27.4 Å². The molecule has 3 N–H and O–H groups in total. The van der Waals surface area contributed by atoms with Crippen molar-refractivity contribution in [3.05, 3.63) is 61.3 Å². The maximum atomic E-state index is 13.6. The Morgan fingerprint density at radius 3 is 2.62 bits per heavy atom. The van der Waals surface area contributed by atoms with Crippen molar-refractivity contribution in [1.82, 2.24) is 28.7 Å². The zero-order valence-corrected chi connectivity index (χ0v) is 19.5. The molecular weight excluding hydrogens is 436 g/mol. The molecular formula is C23H26N8O3. The molecule has 0 aliphatic heterocycles. The van der Waals surface area contributed by atoms with Crippen molar-refractivity contribution < 1.29 is 0 Å². The minimum atomic E-state index is -0.569. The van der Waals surface area contributed by atoms with Crippen LogP contribution >= 0.6 is 0 Å². The average Bonchev–Trinajstić information content (AvgIpc) is 3.18. The Hall–Kier alpha value is -4.17. The van der Waals surface area contributed by atoms with E-state index in [2.05, 4.69) is 26.8 Å². The predicted octanol–water partition coefficient (Wildman–Crippen LogP) is -0.0118. The van der Waals surface area contributed by atoms with E-state index in [-0.39, 0.29) is 41.7 Å². The Balaban J connectivity index is 1.93. The van der Waals surface area contributed by atoms with E-state index in [4.69, 9.17) is 5.73 Å². The van der Waals surface area contributed by atoms with Crippen LogP contribution in [0.25, 0.3) is 22.1 Å². The molecule has 0 fully saturated rings. The van der Waals surface area contributed by atoms with Crippen LogP contribution in [0, 0.1) is 11.8 Å². The second kappa shape index (κ2) is 8.99. The lowest BCUT2D eigenvalue weighted by Crippen LogP contribution is -2.40. The third-order valence-electron chi connectivity index (χ3n) is 5.50. The van der Waals surface area contributed by atoms with E-state index >= 15 is 0 Å². The van der Waals surface area contributed by atoms with Gasteiger partial charge in [0.2, 0.25) is 5.95 Å². The van der Waals surface area contributed by atoms with Gasteiger partial charge in [-0.2, -0.15) is 4.98 Å². The van der Waals surface area contributed by atoms with Crippen LogP contribution in [0.1, 0.15) is 19.7 Å². The molecule has 0 saturated heterocycles. The Morgan fingerprint density at radius 2 is 1.91 bits per heavy atom. The van der Waals surface area contributed by atoms with Crippen molar-refractivity contribution in [3.63, 3.8) is 0 Å². The van der Waals surface area contributed by atoms with Crippen LogP contribution in [-0.2, 0) is 20.1 Å². The third-order valence-corrected chi connectivity index (χ3v) is 5.50. The molecule has 0 spiro atoms. The number of H-pyrrole nitrogens is 1. The number of aryl methyl sites for hydroxylation is 1. The number of likely N-dealkylation sites (N-methyl/N-ethyl adjacent to an activating group) is 1. The summed E-state index contributed by atoms with van der Waals surface area (Å²) in [5.41, 5.74) is 5.47. The Kier molecular flexibility index (Phi) is 6.08. The van der Waals surface area contributed by atoms with Crippen LogP contribution in [0.4, 0.5) is 5.95 Å². The fourth-order valence-corrected chi connectivity index (χ4v) is 3.97. The topological polar surface area (TPSA) is 137 Å². The summed E-state index contributed by atoms with van der Waals surface area (Å²) < 4.78 is 4.04. The smallest absolute Gasteiger partial charge is 0.332 e. The second-order valence-corrected chi connectivity index (χ2v) is 8.22. The highest BCUT2D eigenvalue weighted by Crippen LogP contribution is 2.19. The molecule has 11 nitrogen and oxygen atoms in total. The minimum Gasteiger partial charge on any atom is -0.344 e. The number of aromatic amines is 1. The number of benzene rings is 1. The first-order chi connectivity index (χ1) is 16.2. The van der Waals surface area contributed by atoms with Crippen molar-refractivity contribution in [2.24, 2.45) is 12.8 Å². The number of nitrogens with zero attached hydrogens (tertiary/aromatic N) is 6. The molecule has 4 aromatic rings. The van der Waals surface area contributed by atoms with Crippen LogP contribution in [0.5, 0.6) is 0 Å². The molecule has 3 heterocycles. The molecule has 11 heteroatoms. The predicted molar refractivity (Wildman–Crippen MR) is 131 cm³/mol. The summed E-state index contributed by atoms with van der Waals surface area (Å²) in [7, 11) is 3.37. The van der Waals surface area contributed by atoms with Gasteiger partial charge in [-0.1, -0.05) is 18.1 Å². The van der Waals surface area contributed by atoms with Gasteiger partial charge in [-0.15, -0.1) is 5.92 Å². The molecule has 176 valence electrons. The number of para-hydroxylation sites is 1. The molecule has 0 radical (unpaired) electrons. The maximum absolute atomic E-state index is 13.6. The van der Waals surface area contributed by atoms with Gasteiger partial charge in [0, 0.05) is 26.7 Å². The zero-order valence-electron chi connectivity index (χ0n) is 19.5. The molecule has 0 saturated carbocycles. The number of imidazole rings is 1. The van der Waals surface area contributed by atoms with E-state index in [0.717, 1.165) is 4.57 Å². The van der Waals surface area contributed by atoms with Gasteiger partial charge >= 0.3 is 5.69 Å². The largest absolute Gasteiger partial charge is 0.344 e. The van der Waals surface area contributed by atoms with Crippen molar-refractivity contribution >= 4 is 28.0 Å². The summed E-state index contributed by atoms with van der Waals surface area (Å²) in [5, 5.41) is 0.431. The highest BCUT2D eigenvalue weighted by Gasteiger charge is 2.22. The van der Waals surface area contributed by atoms with Gasteiger partial charge in [0.05, 0.1) is 24.0 Å². The molecule has 0 aliphatic rings. The number of anilines is 1.